The minimum absolute atomic E-state index is 0.147. The third kappa shape index (κ3) is 4.70. The molecule has 1 aromatic carbocycles. The van der Waals surface area contributed by atoms with Crippen molar-refractivity contribution < 1.29 is 14.3 Å². The lowest BCUT2D eigenvalue weighted by molar-refractivity contribution is -0.122. The van der Waals surface area contributed by atoms with Gasteiger partial charge in [0.25, 0.3) is 0 Å². The van der Waals surface area contributed by atoms with Gasteiger partial charge in [0.05, 0.1) is 0 Å². The van der Waals surface area contributed by atoms with Crippen molar-refractivity contribution in [2.75, 3.05) is 32.8 Å². The second-order valence-corrected chi connectivity index (χ2v) is 8.31. The average molecular weight is 360 g/mol. The maximum absolute atomic E-state index is 12.4. The van der Waals surface area contributed by atoms with E-state index in [4.69, 9.17) is 9.47 Å². The Bertz CT molecular complexity index is 624. The molecule has 2 N–H and O–H groups in total. The van der Waals surface area contributed by atoms with Gasteiger partial charge in [0.15, 0.2) is 11.5 Å². The van der Waals surface area contributed by atoms with E-state index in [1.807, 2.05) is 12.1 Å². The number of benzene rings is 1. The number of nitrogens with one attached hydrogen (secondary N) is 2. The molecular formula is C21H32N2O3. The summed E-state index contributed by atoms with van der Waals surface area (Å²) in [6.07, 6.45) is 3.04. The smallest absolute Gasteiger partial charge is 0.220 e. The molecule has 0 aliphatic carbocycles. The predicted molar refractivity (Wildman–Crippen MR) is 103 cm³/mol. The van der Waals surface area contributed by atoms with Crippen LogP contribution in [0.5, 0.6) is 11.5 Å². The molecule has 3 rings (SSSR count). The van der Waals surface area contributed by atoms with Crippen LogP contribution in [-0.4, -0.2) is 38.8 Å². The Hall–Kier alpha value is -1.75. The van der Waals surface area contributed by atoms with E-state index >= 15 is 0 Å². The molecule has 2 aliphatic rings. The average Bonchev–Trinajstić information content (AvgIpc) is 2.67. The van der Waals surface area contributed by atoms with Gasteiger partial charge in [-0.15, -0.1) is 0 Å². The van der Waals surface area contributed by atoms with Crippen LogP contribution in [0.25, 0.3) is 0 Å². The fraction of sp³-hybridized carbons (Fsp3) is 0.667. The minimum Gasteiger partial charge on any atom is -0.486 e. The number of amides is 1. The highest BCUT2D eigenvalue weighted by atomic mass is 16.6. The first kappa shape index (κ1) is 19.0. The van der Waals surface area contributed by atoms with Crippen molar-refractivity contribution in [3.8, 4) is 11.5 Å². The monoisotopic (exact) mass is 360 g/mol. The summed E-state index contributed by atoms with van der Waals surface area (Å²) in [6, 6.07) is 6.07. The van der Waals surface area contributed by atoms with Crippen molar-refractivity contribution in [1.82, 2.24) is 10.6 Å². The van der Waals surface area contributed by atoms with E-state index in [0.717, 1.165) is 30.2 Å². The van der Waals surface area contributed by atoms with Crippen molar-refractivity contribution >= 4 is 5.91 Å². The standard InChI is InChI=1S/C21H32N2O3/c1-15(16-5-4-8-22-13-16)11-20(24)23-14-21(2,3)17-6-7-18-19(12-17)26-10-9-25-18/h6-7,12,15-16,22H,4-5,8-11,13-14H2,1-3H3,(H,23,24). The molecule has 2 unspecified atom stereocenters. The highest BCUT2D eigenvalue weighted by molar-refractivity contribution is 5.76. The molecule has 0 radical (unpaired) electrons. The van der Waals surface area contributed by atoms with Gasteiger partial charge < -0.3 is 20.1 Å². The second kappa shape index (κ2) is 8.30. The van der Waals surface area contributed by atoms with Crippen LogP contribution in [0, 0.1) is 11.8 Å². The highest BCUT2D eigenvalue weighted by Crippen LogP contribution is 2.35. The van der Waals surface area contributed by atoms with Gasteiger partial charge in [-0.3, -0.25) is 4.79 Å². The molecule has 2 atom stereocenters. The largest absolute Gasteiger partial charge is 0.486 e. The zero-order chi connectivity index (χ0) is 18.6. The third-order valence-electron chi connectivity index (χ3n) is 5.70. The van der Waals surface area contributed by atoms with E-state index in [-0.39, 0.29) is 11.3 Å². The molecule has 1 fully saturated rings. The number of rotatable bonds is 6. The molecule has 1 aromatic rings. The number of fused-ring (bicyclic) bond motifs is 1. The van der Waals surface area contributed by atoms with E-state index in [1.165, 1.54) is 12.8 Å². The number of carbonyl (C=O) groups excluding carboxylic acids is 1. The fourth-order valence-corrected chi connectivity index (χ4v) is 3.78. The Balaban J connectivity index is 1.53. The van der Waals surface area contributed by atoms with Crippen LogP contribution in [0.15, 0.2) is 18.2 Å². The van der Waals surface area contributed by atoms with Crippen LogP contribution in [-0.2, 0) is 10.2 Å². The number of ether oxygens (including phenoxy) is 2. The summed E-state index contributed by atoms with van der Waals surface area (Å²) in [5, 5.41) is 6.58. The lowest BCUT2D eigenvalue weighted by Gasteiger charge is -2.30. The van der Waals surface area contributed by atoms with Crippen LogP contribution in [0.2, 0.25) is 0 Å². The molecule has 1 saturated heterocycles. The molecule has 1 amide bonds. The molecule has 2 aliphatic heterocycles. The lowest BCUT2D eigenvalue weighted by Crippen LogP contribution is -2.39. The zero-order valence-electron chi connectivity index (χ0n) is 16.3. The van der Waals surface area contributed by atoms with Crippen molar-refractivity contribution in [3.63, 3.8) is 0 Å². The van der Waals surface area contributed by atoms with Gasteiger partial charge >= 0.3 is 0 Å². The molecule has 0 aromatic heterocycles. The van der Waals surface area contributed by atoms with Gasteiger partial charge in [-0.1, -0.05) is 26.8 Å². The number of carbonyl (C=O) groups is 1. The number of piperidine rings is 1. The van der Waals surface area contributed by atoms with Gasteiger partial charge in [0.2, 0.25) is 5.91 Å². The normalized spacial score (nSPS) is 21.1. The van der Waals surface area contributed by atoms with Gasteiger partial charge in [-0.2, -0.15) is 0 Å². The molecule has 0 bridgehead atoms. The second-order valence-electron chi connectivity index (χ2n) is 8.31. The van der Waals surface area contributed by atoms with Gasteiger partial charge in [-0.25, -0.2) is 0 Å². The van der Waals surface area contributed by atoms with E-state index in [1.54, 1.807) is 0 Å². The maximum Gasteiger partial charge on any atom is 0.220 e. The van der Waals surface area contributed by atoms with E-state index in [9.17, 15) is 4.79 Å². The van der Waals surface area contributed by atoms with Gasteiger partial charge in [0.1, 0.15) is 13.2 Å². The van der Waals surface area contributed by atoms with Crippen LogP contribution in [0.4, 0.5) is 0 Å². The van der Waals surface area contributed by atoms with Gasteiger partial charge in [-0.05, 0) is 55.5 Å². The first-order valence-electron chi connectivity index (χ1n) is 9.83. The van der Waals surface area contributed by atoms with Crippen molar-refractivity contribution in [2.45, 2.75) is 45.4 Å². The van der Waals surface area contributed by atoms with Crippen LogP contribution >= 0.6 is 0 Å². The fourth-order valence-electron chi connectivity index (χ4n) is 3.78. The first-order valence-corrected chi connectivity index (χ1v) is 9.83. The molecule has 144 valence electrons. The minimum atomic E-state index is -0.166. The Kier molecular flexibility index (Phi) is 6.07. The molecule has 0 saturated carbocycles. The number of hydrogen-bond acceptors (Lipinski definition) is 4. The summed E-state index contributed by atoms with van der Waals surface area (Å²) in [5.74, 6) is 2.77. The third-order valence-corrected chi connectivity index (χ3v) is 5.70. The Morgan fingerprint density at radius 2 is 2.08 bits per heavy atom. The van der Waals surface area contributed by atoms with E-state index in [0.29, 0.717) is 38.0 Å². The number of hydrogen-bond donors (Lipinski definition) is 2. The Morgan fingerprint density at radius 1 is 1.31 bits per heavy atom. The molecule has 5 nitrogen and oxygen atoms in total. The molecule has 2 heterocycles. The summed E-state index contributed by atoms with van der Waals surface area (Å²) in [7, 11) is 0. The maximum atomic E-state index is 12.4. The Labute approximate surface area is 156 Å². The molecular weight excluding hydrogens is 328 g/mol. The summed E-state index contributed by atoms with van der Waals surface area (Å²) >= 11 is 0. The van der Waals surface area contributed by atoms with Crippen molar-refractivity contribution in [2.24, 2.45) is 11.8 Å². The topological polar surface area (TPSA) is 59.6 Å². The van der Waals surface area contributed by atoms with Crippen LogP contribution in [0.3, 0.4) is 0 Å². The van der Waals surface area contributed by atoms with Gasteiger partial charge in [0, 0.05) is 18.4 Å². The van der Waals surface area contributed by atoms with Crippen LogP contribution in [0.1, 0.15) is 45.6 Å². The highest BCUT2D eigenvalue weighted by Gasteiger charge is 2.26. The molecule has 0 spiro atoms. The van der Waals surface area contributed by atoms with Crippen molar-refractivity contribution in [1.29, 1.82) is 0 Å². The summed E-state index contributed by atoms with van der Waals surface area (Å²) in [6.45, 7) is 10.4. The molecule has 5 heteroatoms. The lowest BCUT2D eigenvalue weighted by atomic mass is 9.83. The summed E-state index contributed by atoms with van der Waals surface area (Å²) < 4.78 is 11.3. The Morgan fingerprint density at radius 3 is 2.81 bits per heavy atom. The summed E-state index contributed by atoms with van der Waals surface area (Å²) in [5.41, 5.74) is 0.979. The van der Waals surface area contributed by atoms with Crippen LogP contribution < -0.4 is 20.1 Å². The predicted octanol–water partition coefficient (Wildman–Crippen LogP) is 2.88. The zero-order valence-corrected chi connectivity index (χ0v) is 16.3. The molecule has 26 heavy (non-hydrogen) atoms. The first-order chi connectivity index (χ1) is 12.5. The SMILES string of the molecule is CC(CC(=O)NCC(C)(C)c1ccc2c(c1)OCCO2)C1CCCNC1. The van der Waals surface area contributed by atoms with Crippen molar-refractivity contribution in [3.05, 3.63) is 23.8 Å². The quantitative estimate of drug-likeness (QED) is 0.819. The summed E-state index contributed by atoms with van der Waals surface area (Å²) in [4.78, 5) is 12.4. The van der Waals surface area contributed by atoms with E-state index in [2.05, 4.69) is 37.5 Å². The van der Waals surface area contributed by atoms with E-state index < -0.39 is 0 Å².